The van der Waals surface area contributed by atoms with Crippen molar-refractivity contribution >= 4 is 27.0 Å². The van der Waals surface area contributed by atoms with Crippen LogP contribution in [-0.4, -0.2) is 30.9 Å². The van der Waals surface area contributed by atoms with Crippen LogP contribution in [0.15, 0.2) is 35.3 Å². The molecule has 0 spiro atoms. The number of halogens is 4. The van der Waals surface area contributed by atoms with E-state index >= 15 is 0 Å². The highest BCUT2D eigenvalue weighted by atomic mass is 32.2. The second kappa shape index (κ2) is 7.06. The Bertz CT molecular complexity index is 1180. The van der Waals surface area contributed by atoms with Gasteiger partial charge in [-0.15, -0.1) is 11.3 Å². The topological polar surface area (TPSA) is 96.3 Å². The Balaban J connectivity index is 2.10. The number of sulfone groups is 1. The highest BCUT2D eigenvalue weighted by Crippen LogP contribution is 2.45. The first-order valence-corrected chi connectivity index (χ1v) is 11.1. The number of nitriles is 1. The Kier molecular flexibility index (Phi) is 5.23. The second-order valence-electron chi connectivity index (χ2n) is 7.53. The molecule has 0 saturated heterocycles. The summed E-state index contributed by atoms with van der Waals surface area (Å²) in [6.45, 7) is 2.22. The molecule has 5 nitrogen and oxygen atoms in total. The van der Waals surface area contributed by atoms with Gasteiger partial charge in [0.15, 0.2) is 9.84 Å². The van der Waals surface area contributed by atoms with E-state index in [2.05, 4.69) is 4.99 Å². The summed E-state index contributed by atoms with van der Waals surface area (Å²) in [6.07, 6.45) is -6.45. The van der Waals surface area contributed by atoms with E-state index in [4.69, 9.17) is 11.0 Å². The van der Waals surface area contributed by atoms with Crippen LogP contribution in [0.4, 0.5) is 17.6 Å². The van der Waals surface area contributed by atoms with Gasteiger partial charge in [-0.2, -0.15) is 18.4 Å². The summed E-state index contributed by atoms with van der Waals surface area (Å²) >= 11 is 0.920. The third-order valence-corrected chi connectivity index (χ3v) is 9.14. The first kappa shape index (κ1) is 22.2. The molecule has 3 rings (SSSR count). The van der Waals surface area contributed by atoms with E-state index < -0.39 is 50.1 Å². The van der Waals surface area contributed by atoms with Crippen LogP contribution in [0.1, 0.15) is 30.7 Å². The standard InChI is InChI=1S/C19H17F4N3O2S2/c1-17(10-30(27,28)18(2,16(25)26-17)9-19(21,22)23)15-13(20)7-14(29-15)12-5-3-4-11(6-12)8-24/h3-7H,9-10H2,1-2H3,(H2,25,26)/t17-,18-/m0/s1. The van der Waals surface area contributed by atoms with Gasteiger partial charge in [0, 0.05) is 4.88 Å². The monoisotopic (exact) mass is 459 g/mol. The Hall–Kier alpha value is -2.45. The summed E-state index contributed by atoms with van der Waals surface area (Å²) in [4.78, 5) is 4.42. The van der Waals surface area contributed by atoms with Gasteiger partial charge in [-0.05, 0) is 37.6 Å². The average molecular weight is 459 g/mol. The third kappa shape index (κ3) is 3.81. The molecule has 160 valence electrons. The maximum absolute atomic E-state index is 14.8. The lowest BCUT2D eigenvalue weighted by Gasteiger charge is -2.39. The normalized spacial score (nSPS) is 26.1. The predicted octanol–water partition coefficient (Wildman–Crippen LogP) is 4.14. The first-order valence-electron chi connectivity index (χ1n) is 8.66. The van der Waals surface area contributed by atoms with E-state index in [1.807, 2.05) is 6.07 Å². The number of thiophene rings is 1. The number of hydrogen-bond acceptors (Lipinski definition) is 6. The lowest BCUT2D eigenvalue weighted by atomic mass is 9.99. The quantitative estimate of drug-likeness (QED) is 0.698. The van der Waals surface area contributed by atoms with Crippen LogP contribution in [0.25, 0.3) is 10.4 Å². The van der Waals surface area contributed by atoms with Crippen LogP contribution in [0.3, 0.4) is 0 Å². The lowest BCUT2D eigenvalue weighted by Crippen LogP contribution is -2.58. The van der Waals surface area contributed by atoms with Crippen LogP contribution in [0.2, 0.25) is 0 Å². The molecule has 30 heavy (non-hydrogen) atoms. The fourth-order valence-corrected chi connectivity index (χ4v) is 6.65. The van der Waals surface area contributed by atoms with Crippen molar-refractivity contribution in [2.75, 3.05) is 5.75 Å². The van der Waals surface area contributed by atoms with Gasteiger partial charge in [-0.1, -0.05) is 12.1 Å². The number of rotatable bonds is 3. The fourth-order valence-electron chi connectivity index (χ4n) is 3.42. The number of aliphatic imine (C=N–C) groups is 1. The van der Waals surface area contributed by atoms with E-state index in [0.717, 1.165) is 18.3 Å². The van der Waals surface area contributed by atoms with Gasteiger partial charge in [0.25, 0.3) is 0 Å². The van der Waals surface area contributed by atoms with Gasteiger partial charge in [-0.25, -0.2) is 12.8 Å². The van der Waals surface area contributed by atoms with Gasteiger partial charge in [-0.3, -0.25) is 4.99 Å². The summed E-state index contributed by atoms with van der Waals surface area (Å²) in [7, 11) is -4.42. The summed E-state index contributed by atoms with van der Waals surface area (Å²) in [5, 5.41) is 9.03. The van der Waals surface area contributed by atoms with Gasteiger partial charge >= 0.3 is 6.18 Å². The smallest absolute Gasteiger partial charge is 0.386 e. The van der Waals surface area contributed by atoms with Gasteiger partial charge in [0.1, 0.15) is 21.9 Å². The van der Waals surface area contributed by atoms with E-state index in [1.165, 1.54) is 13.0 Å². The Labute approximate surface area is 174 Å². The molecular formula is C19H17F4N3O2S2. The number of alkyl halides is 3. The predicted molar refractivity (Wildman–Crippen MR) is 106 cm³/mol. The average Bonchev–Trinajstić information content (AvgIpc) is 3.01. The van der Waals surface area contributed by atoms with E-state index in [0.29, 0.717) is 16.0 Å². The summed E-state index contributed by atoms with van der Waals surface area (Å²) in [6, 6.07) is 9.57. The molecule has 0 amide bonds. The third-order valence-electron chi connectivity index (χ3n) is 5.06. The zero-order valence-electron chi connectivity index (χ0n) is 15.9. The molecular weight excluding hydrogens is 442 g/mol. The minimum Gasteiger partial charge on any atom is -0.386 e. The molecule has 0 saturated carbocycles. The van der Waals surface area contributed by atoms with Crippen LogP contribution < -0.4 is 5.73 Å². The van der Waals surface area contributed by atoms with Crippen molar-refractivity contribution in [2.24, 2.45) is 10.7 Å². The first-order chi connectivity index (χ1) is 13.7. The fraction of sp³-hybridized carbons (Fsp3) is 0.368. The molecule has 0 aliphatic carbocycles. The molecule has 2 atom stereocenters. The summed E-state index contributed by atoms with van der Waals surface area (Å²) in [5.41, 5.74) is 4.97. The van der Waals surface area contributed by atoms with Gasteiger partial charge in [0.2, 0.25) is 0 Å². The minimum atomic E-state index is -4.77. The molecule has 11 heteroatoms. The van der Waals surface area contributed by atoms with Crippen molar-refractivity contribution in [1.29, 1.82) is 5.26 Å². The Morgan fingerprint density at radius 3 is 2.53 bits per heavy atom. The van der Waals surface area contributed by atoms with Crippen molar-refractivity contribution in [2.45, 2.75) is 36.7 Å². The lowest BCUT2D eigenvalue weighted by molar-refractivity contribution is -0.137. The molecule has 0 unspecified atom stereocenters. The summed E-state index contributed by atoms with van der Waals surface area (Å²) in [5.74, 6) is -2.26. The van der Waals surface area contributed by atoms with Crippen molar-refractivity contribution in [3.63, 3.8) is 0 Å². The van der Waals surface area contributed by atoms with Crippen LogP contribution in [-0.2, 0) is 15.4 Å². The van der Waals surface area contributed by atoms with Gasteiger partial charge in [0.05, 0.1) is 28.7 Å². The maximum atomic E-state index is 14.8. The van der Waals surface area contributed by atoms with Crippen molar-refractivity contribution in [3.8, 4) is 16.5 Å². The zero-order chi connectivity index (χ0) is 22.5. The zero-order valence-corrected chi connectivity index (χ0v) is 17.6. The van der Waals surface area contributed by atoms with Crippen molar-refractivity contribution < 1.29 is 26.0 Å². The summed E-state index contributed by atoms with van der Waals surface area (Å²) < 4.78 is 77.0. The number of nitrogens with two attached hydrogens (primary N) is 1. The Morgan fingerprint density at radius 1 is 1.30 bits per heavy atom. The number of benzene rings is 1. The largest absolute Gasteiger partial charge is 0.391 e. The SMILES string of the molecule is C[C@]1(CC(F)(F)F)C(N)=N[C@](C)(c2sc(-c3cccc(C#N)c3)cc2F)CS1(=O)=O. The molecule has 1 aromatic heterocycles. The number of amidine groups is 1. The van der Waals surface area contributed by atoms with E-state index in [9.17, 15) is 26.0 Å². The molecule has 0 radical (unpaired) electrons. The molecule has 2 N–H and O–H groups in total. The highest BCUT2D eigenvalue weighted by molar-refractivity contribution is 7.93. The molecule has 0 bridgehead atoms. The van der Waals surface area contributed by atoms with Crippen LogP contribution >= 0.6 is 11.3 Å². The second-order valence-corrected chi connectivity index (χ2v) is 11.0. The number of nitrogens with zero attached hydrogens (tertiary/aromatic N) is 2. The highest BCUT2D eigenvalue weighted by Gasteiger charge is 2.56. The van der Waals surface area contributed by atoms with Crippen molar-refractivity contribution in [1.82, 2.24) is 0 Å². The maximum Gasteiger partial charge on any atom is 0.391 e. The molecule has 1 aromatic carbocycles. The van der Waals surface area contributed by atoms with Crippen LogP contribution in [0, 0.1) is 17.1 Å². The Morgan fingerprint density at radius 2 is 1.97 bits per heavy atom. The molecule has 2 heterocycles. The van der Waals surface area contributed by atoms with E-state index in [-0.39, 0.29) is 4.88 Å². The molecule has 2 aromatic rings. The molecule has 0 fully saturated rings. The van der Waals surface area contributed by atoms with Crippen molar-refractivity contribution in [3.05, 3.63) is 46.6 Å². The number of hydrogen-bond donors (Lipinski definition) is 1. The minimum absolute atomic E-state index is 0.0551. The van der Waals surface area contributed by atoms with E-state index in [1.54, 1.807) is 24.3 Å². The van der Waals surface area contributed by atoms with Crippen LogP contribution in [0.5, 0.6) is 0 Å². The van der Waals surface area contributed by atoms with Gasteiger partial charge < -0.3 is 5.73 Å². The molecule has 1 aliphatic rings. The molecule has 1 aliphatic heterocycles.